The van der Waals surface area contributed by atoms with E-state index in [0.717, 1.165) is 36.3 Å². The number of hydrogen-bond acceptors (Lipinski definition) is 5. The number of nitrogens with one attached hydrogen (secondary N) is 1. The summed E-state index contributed by atoms with van der Waals surface area (Å²) in [7, 11) is 0. The second kappa shape index (κ2) is 6.65. The predicted octanol–water partition coefficient (Wildman–Crippen LogP) is 2.52. The third-order valence-electron chi connectivity index (χ3n) is 4.54. The Morgan fingerprint density at radius 2 is 2.04 bits per heavy atom. The van der Waals surface area contributed by atoms with E-state index in [-0.39, 0.29) is 5.91 Å². The van der Waals surface area contributed by atoms with Crippen LogP contribution in [0.3, 0.4) is 0 Å². The van der Waals surface area contributed by atoms with E-state index < -0.39 is 5.60 Å². The van der Waals surface area contributed by atoms with Crippen LogP contribution < -0.4 is 10.1 Å². The lowest BCUT2D eigenvalue weighted by Crippen LogP contribution is -2.47. The molecule has 24 heavy (non-hydrogen) atoms. The number of carbonyl (C=O) groups excluding carboxylic acids is 1. The second-order valence-corrected chi connectivity index (χ2v) is 6.38. The summed E-state index contributed by atoms with van der Waals surface area (Å²) in [4.78, 5) is 12.1. The minimum atomic E-state index is -0.715. The van der Waals surface area contributed by atoms with Crippen LogP contribution in [0.15, 0.2) is 28.8 Å². The summed E-state index contributed by atoms with van der Waals surface area (Å²) in [5.74, 6) is 1.23. The highest BCUT2D eigenvalue weighted by atomic mass is 16.5. The fourth-order valence-electron chi connectivity index (χ4n) is 2.67. The van der Waals surface area contributed by atoms with E-state index in [1.54, 1.807) is 24.3 Å². The maximum absolute atomic E-state index is 12.1. The van der Waals surface area contributed by atoms with Gasteiger partial charge >= 0.3 is 0 Å². The zero-order valence-electron chi connectivity index (χ0n) is 14.0. The molecule has 1 fully saturated rings. The lowest BCUT2D eigenvalue weighted by molar-refractivity contribution is -0.0300. The summed E-state index contributed by atoms with van der Waals surface area (Å²) in [6.07, 6.45) is 2.52. The van der Waals surface area contributed by atoms with Crippen molar-refractivity contribution in [1.29, 1.82) is 0 Å². The van der Waals surface area contributed by atoms with Gasteiger partial charge in [-0.25, -0.2) is 0 Å². The molecule has 2 aromatic rings. The van der Waals surface area contributed by atoms with E-state index in [4.69, 9.17) is 9.26 Å². The van der Waals surface area contributed by atoms with E-state index in [9.17, 15) is 9.90 Å². The summed E-state index contributed by atoms with van der Waals surface area (Å²) >= 11 is 0. The number of aliphatic hydroxyl groups is 1. The topological polar surface area (TPSA) is 84.6 Å². The molecule has 1 aromatic carbocycles. The van der Waals surface area contributed by atoms with Crippen molar-refractivity contribution >= 4 is 5.91 Å². The molecular weight excluding hydrogens is 308 g/mol. The number of benzene rings is 1. The Kier molecular flexibility index (Phi) is 4.57. The molecule has 1 aromatic heterocycles. The first kappa shape index (κ1) is 16.5. The molecule has 128 valence electrons. The lowest BCUT2D eigenvalue weighted by atomic mass is 9.80. The monoisotopic (exact) mass is 330 g/mol. The van der Waals surface area contributed by atoms with Crippen molar-refractivity contribution in [3.05, 3.63) is 46.8 Å². The van der Waals surface area contributed by atoms with Gasteiger partial charge in [0.1, 0.15) is 18.1 Å². The molecule has 1 amide bonds. The molecule has 6 heteroatoms. The van der Waals surface area contributed by atoms with Crippen LogP contribution in [-0.2, 0) is 6.61 Å². The number of aryl methyl sites for hydroxylation is 2. The molecule has 0 spiro atoms. The van der Waals surface area contributed by atoms with Crippen LogP contribution in [0.1, 0.15) is 46.6 Å². The van der Waals surface area contributed by atoms with Crippen LogP contribution in [0.25, 0.3) is 0 Å². The molecule has 0 unspecified atom stereocenters. The number of amides is 1. The molecule has 1 aliphatic carbocycles. The van der Waals surface area contributed by atoms with Crippen LogP contribution in [-0.4, -0.2) is 28.3 Å². The minimum absolute atomic E-state index is 0.187. The van der Waals surface area contributed by atoms with Gasteiger partial charge in [-0.2, -0.15) is 0 Å². The van der Waals surface area contributed by atoms with E-state index in [1.165, 1.54) is 0 Å². The lowest BCUT2D eigenvalue weighted by Gasteiger charge is -2.36. The smallest absolute Gasteiger partial charge is 0.251 e. The molecule has 1 heterocycles. The largest absolute Gasteiger partial charge is 0.489 e. The van der Waals surface area contributed by atoms with Gasteiger partial charge in [-0.05, 0) is 57.4 Å². The standard InChI is InChI=1S/C18H22N2O4/c1-12-16(13(2)24-20-12)10-23-15-6-4-14(5-7-15)17(21)19-11-18(22)8-3-9-18/h4-7,22H,3,8-11H2,1-2H3,(H,19,21). The summed E-state index contributed by atoms with van der Waals surface area (Å²) < 4.78 is 10.8. The maximum atomic E-state index is 12.1. The zero-order chi connectivity index (χ0) is 17.2. The number of hydrogen-bond donors (Lipinski definition) is 2. The number of aromatic nitrogens is 1. The van der Waals surface area contributed by atoms with Gasteiger partial charge in [-0.15, -0.1) is 0 Å². The molecule has 1 aliphatic rings. The van der Waals surface area contributed by atoms with Crippen molar-refractivity contribution in [2.75, 3.05) is 6.54 Å². The Morgan fingerprint density at radius 1 is 1.33 bits per heavy atom. The molecule has 0 saturated heterocycles. The molecule has 0 radical (unpaired) electrons. The third-order valence-corrected chi connectivity index (χ3v) is 4.54. The van der Waals surface area contributed by atoms with Crippen LogP contribution in [0.5, 0.6) is 5.75 Å². The summed E-state index contributed by atoms with van der Waals surface area (Å²) in [5.41, 5.74) is 1.58. The van der Waals surface area contributed by atoms with E-state index in [0.29, 0.717) is 24.5 Å². The highest BCUT2D eigenvalue weighted by molar-refractivity contribution is 5.94. The van der Waals surface area contributed by atoms with Crippen molar-refractivity contribution in [2.24, 2.45) is 0 Å². The normalized spacial score (nSPS) is 15.6. The first-order valence-electron chi connectivity index (χ1n) is 8.12. The SMILES string of the molecule is Cc1noc(C)c1COc1ccc(C(=O)NCC2(O)CCC2)cc1. The van der Waals surface area contributed by atoms with E-state index >= 15 is 0 Å². The van der Waals surface area contributed by atoms with Crippen molar-refractivity contribution < 1.29 is 19.2 Å². The molecule has 2 N–H and O–H groups in total. The summed E-state index contributed by atoms with van der Waals surface area (Å²) in [5, 5.41) is 16.7. The highest BCUT2D eigenvalue weighted by Gasteiger charge is 2.34. The van der Waals surface area contributed by atoms with Crippen molar-refractivity contribution in [1.82, 2.24) is 10.5 Å². The summed E-state index contributed by atoms with van der Waals surface area (Å²) in [6.45, 7) is 4.40. The molecule has 3 rings (SSSR count). The third kappa shape index (κ3) is 3.59. The van der Waals surface area contributed by atoms with Gasteiger partial charge in [-0.1, -0.05) is 5.16 Å². The fraction of sp³-hybridized carbons (Fsp3) is 0.444. The molecule has 0 aliphatic heterocycles. The number of carbonyl (C=O) groups is 1. The molecule has 0 atom stereocenters. The first-order valence-corrected chi connectivity index (χ1v) is 8.12. The minimum Gasteiger partial charge on any atom is -0.489 e. The second-order valence-electron chi connectivity index (χ2n) is 6.38. The Hall–Kier alpha value is -2.34. The van der Waals surface area contributed by atoms with Gasteiger partial charge in [-0.3, -0.25) is 4.79 Å². The Bertz CT molecular complexity index is 698. The van der Waals surface area contributed by atoms with E-state index in [1.807, 2.05) is 13.8 Å². The first-order chi connectivity index (χ1) is 11.5. The van der Waals surface area contributed by atoms with Crippen molar-refractivity contribution in [3.63, 3.8) is 0 Å². The molecule has 6 nitrogen and oxygen atoms in total. The highest BCUT2D eigenvalue weighted by Crippen LogP contribution is 2.30. The average molecular weight is 330 g/mol. The van der Waals surface area contributed by atoms with Gasteiger partial charge in [0.25, 0.3) is 5.91 Å². The van der Waals surface area contributed by atoms with Crippen molar-refractivity contribution in [3.8, 4) is 5.75 Å². The van der Waals surface area contributed by atoms with Gasteiger partial charge in [0.2, 0.25) is 0 Å². The number of nitrogens with zero attached hydrogens (tertiary/aromatic N) is 1. The van der Waals surface area contributed by atoms with Gasteiger partial charge in [0.15, 0.2) is 0 Å². The number of rotatable bonds is 6. The molecular formula is C18H22N2O4. The van der Waals surface area contributed by atoms with Crippen LogP contribution in [0, 0.1) is 13.8 Å². The van der Waals surface area contributed by atoms with Crippen molar-refractivity contribution in [2.45, 2.75) is 45.3 Å². The van der Waals surface area contributed by atoms with Crippen LogP contribution >= 0.6 is 0 Å². The summed E-state index contributed by atoms with van der Waals surface area (Å²) in [6, 6.07) is 6.93. The van der Waals surface area contributed by atoms with Gasteiger partial charge in [0.05, 0.1) is 16.9 Å². The van der Waals surface area contributed by atoms with Crippen LogP contribution in [0.2, 0.25) is 0 Å². The molecule has 1 saturated carbocycles. The van der Waals surface area contributed by atoms with Gasteiger partial charge in [0, 0.05) is 12.1 Å². The fourth-order valence-corrected chi connectivity index (χ4v) is 2.67. The Balaban J connectivity index is 1.54. The Labute approximate surface area is 140 Å². The average Bonchev–Trinajstić information content (AvgIpc) is 2.88. The van der Waals surface area contributed by atoms with Gasteiger partial charge < -0.3 is 19.7 Å². The number of ether oxygens (including phenoxy) is 1. The zero-order valence-corrected chi connectivity index (χ0v) is 14.0. The van der Waals surface area contributed by atoms with E-state index in [2.05, 4.69) is 10.5 Å². The Morgan fingerprint density at radius 3 is 2.58 bits per heavy atom. The molecule has 0 bridgehead atoms. The van der Waals surface area contributed by atoms with Crippen LogP contribution in [0.4, 0.5) is 0 Å². The predicted molar refractivity (Wildman–Crippen MR) is 87.9 cm³/mol. The quantitative estimate of drug-likeness (QED) is 0.850. The maximum Gasteiger partial charge on any atom is 0.251 e.